The lowest BCUT2D eigenvalue weighted by Gasteiger charge is -2.25. The lowest BCUT2D eigenvalue weighted by molar-refractivity contribution is -0.168. The van der Waals surface area contributed by atoms with Crippen molar-refractivity contribution in [3.8, 4) is 0 Å². The summed E-state index contributed by atoms with van der Waals surface area (Å²) in [5, 5.41) is 0. The van der Waals surface area contributed by atoms with Gasteiger partial charge in [-0.3, -0.25) is 23.4 Å². The largest absolute Gasteiger partial charge is 0.488 e. The second-order valence-electron chi connectivity index (χ2n) is 7.64. The zero-order valence-electron chi connectivity index (χ0n) is 17.5. The number of hydrogen-bond acceptors (Lipinski definition) is 11. The van der Waals surface area contributed by atoms with E-state index in [1.54, 1.807) is 13.8 Å². The Hall–Kier alpha value is -0.990. The van der Waals surface area contributed by atoms with Crippen molar-refractivity contribution in [1.82, 2.24) is 9.55 Å². The van der Waals surface area contributed by atoms with E-state index in [4.69, 9.17) is 19.1 Å². The Morgan fingerprint density at radius 2 is 1.76 bits per heavy atom. The second kappa shape index (κ2) is 9.23. The highest BCUT2D eigenvalue weighted by Gasteiger charge is 2.56. The number of H-pyrrole nitrogens is 1. The standard InChI is InChI=1S/C14H23N2O14P3/c1-14(2)27-11-8(16-5-4-10(17)15-13(16)18)6-9(12(11)28-14)26-7-31(19,20)29-33(23,24)30-32(21,22)25-3/h4-5,8-9,11-12H,6-7H2,1-3H3,(H,19,20)(H,21,22)(H,23,24)(H,15,17,18). The molecule has 0 spiro atoms. The summed E-state index contributed by atoms with van der Waals surface area (Å²) in [4.78, 5) is 54.2. The zero-order chi connectivity index (χ0) is 24.8. The highest BCUT2D eigenvalue weighted by atomic mass is 31.3. The molecule has 7 unspecified atom stereocenters. The molecule has 1 saturated carbocycles. The molecule has 1 aromatic rings. The number of nitrogens with one attached hydrogen (secondary N) is 1. The maximum atomic E-state index is 12.2. The van der Waals surface area contributed by atoms with E-state index in [2.05, 4.69) is 18.1 Å². The van der Waals surface area contributed by atoms with Gasteiger partial charge in [-0.25, -0.2) is 18.2 Å². The maximum absolute atomic E-state index is 12.2. The summed E-state index contributed by atoms with van der Waals surface area (Å²) in [6.45, 7) is 3.22. The van der Waals surface area contributed by atoms with Crippen molar-refractivity contribution in [3.63, 3.8) is 0 Å². The summed E-state index contributed by atoms with van der Waals surface area (Å²) in [5.74, 6) is -1.09. The van der Waals surface area contributed by atoms with Crippen LogP contribution in [0.1, 0.15) is 26.3 Å². The molecule has 16 nitrogen and oxygen atoms in total. The molecule has 1 saturated heterocycles. The smallest absolute Gasteiger partial charge is 0.363 e. The molecule has 0 bridgehead atoms. The normalized spacial score (nSPS) is 31.9. The lowest BCUT2D eigenvalue weighted by atomic mass is 10.2. The van der Waals surface area contributed by atoms with Crippen LogP contribution in [-0.2, 0) is 41.1 Å². The van der Waals surface area contributed by atoms with Crippen LogP contribution in [0.2, 0.25) is 0 Å². The first-order valence-electron chi connectivity index (χ1n) is 9.28. The van der Waals surface area contributed by atoms with E-state index in [0.717, 1.165) is 6.07 Å². The van der Waals surface area contributed by atoms with Gasteiger partial charge in [0.15, 0.2) is 5.79 Å². The average molecular weight is 536 g/mol. The summed E-state index contributed by atoms with van der Waals surface area (Å²) in [6.07, 6.45) is -2.31. The molecule has 1 aliphatic carbocycles. The van der Waals surface area contributed by atoms with Crippen LogP contribution in [0.5, 0.6) is 0 Å². The van der Waals surface area contributed by atoms with E-state index in [1.807, 2.05) is 0 Å². The van der Waals surface area contributed by atoms with Gasteiger partial charge >= 0.3 is 28.9 Å². The molecule has 19 heteroatoms. The molecule has 3 rings (SSSR count). The van der Waals surface area contributed by atoms with Crippen molar-refractivity contribution in [2.24, 2.45) is 0 Å². The average Bonchev–Trinajstić information content (AvgIpc) is 3.11. The van der Waals surface area contributed by atoms with Crippen LogP contribution >= 0.6 is 23.2 Å². The molecule has 4 N–H and O–H groups in total. The number of ether oxygens (including phenoxy) is 3. The lowest BCUT2D eigenvalue weighted by Crippen LogP contribution is -2.36. The van der Waals surface area contributed by atoms with Gasteiger partial charge in [0.1, 0.15) is 18.6 Å². The van der Waals surface area contributed by atoms with E-state index < -0.39 is 71.0 Å². The van der Waals surface area contributed by atoms with Crippen LogP contribution in [0, 0.1) is 0 Å². The first kappa shape index (κ1) is 26.6. The number of rotatable bonds is 9. The molecule has 188 valence electrons. The predicted molar refractivity (Wildman–Crippen MR) is 107 cm³/mol. The Morgan fingerprint density at radius 3 is 2.36 bits per heavy atom. The van der Waals surface area contributed by atoms with Gasteiger partial charge in [-0.15, -0.1) is 0 Å². The predicted octanol–water partition coefficient (Wildman–Crippen LogP) is 0.410. The first-order valence-corrected chi connectivity index (χ1v) is 14.0. The molecule has 7 atom stereocenters. The van der Waals surface area contributed by atoms with Gasteiger partial charge in [0.05, 0.1) is 12.1 Å². The van der Waals surface area contributed by atoms with E-state index in [-0.39, 0.29) is 6.42 Å². The van der Waals surface area contributed by atoms with Crippen LogP contribution in [0.4, 0.5) is 0 Å². The Bertz CT molecular complexity index is 1150. The molecule has 2 aliphatic rings. The van der Waals surface area contributed by atoms with Gasteiger partial charge in [-0.2, -0.15) is 4.31 Å². The van der Waals surface area contributed by atoms with Crippen molar-refractivity contribution in [2.75, 3.05) is 13.5 Å². The van der Waals surface area contributed by atoms with Gasteiger partial charge < -0.3 is 28.9 Å². The summed E-state index contributed by atoms with van der Waals surface area (Å²) in [6, 6.07) is 0.458. The number of aromatic amines is 1. The summed E-state index contributed by atoms with van der Waals surface area (Å²) in [7, 11) is -14.8. The molecule has 0 amide bonds. The monoisotopic (exact) mass is 536 g/mol. The van der Waals surface area contributed by atoms with Gasteiger partial charge in [0.25, 0.3) is 5.56 Å². The van der Waals surface area contributed by atoms with Crippen LogP contribution in [-0.4, -0.2) is 61.8 Å². The Balaban J connectivity index is 1.74. The minimum atomic E-state index is -5.49. The third kappa shape index (κ3) is 6.57. The molecular weight excluding hydrogens is 513 g/mol. The third-order valence-electron chi connectivity index (χ3n) is 4.71. The number of aromatic nitrogens is 2. The van der Waals surface area contributed by atoms with Crippen molar-refractivity contribution in [1.29, 1.82) is 0 Å². The van der Waals surface area contributed by atoms with Crippen molar-refractivity contribution < 1.29 is 55.7 Å². The molecule has 0 radical (unpaired) electrons. The van der Waals surface area contributed by atoms with E-state index >= 15 is 0 Å². The molecule has 0 aromatic carbocycles. The summed E-state index contributed by atoms with van der Waals surface area (Å²) < 4.78 is 65.5. The molecular formula is C14H23N2O14P3. The minimum Gasteiger partial charge on any atom is -0.363 e. The Morgan fingerprint density at radius 1 is 1.12 bits per heavy atom. The summed E-state index contributed by atoms with van der Waals surface area (Å²) in [5.41, 5.74) is -1.31. The molecule has 33 heavy (non-hydrogen) atoms. The van der Waals surface area contributed by atoms with Gasteiger partial charge in [0, 0.05) is 19.4 Å². The van der Waals surface area contributed by atoms with Crippen LogP contribution in [0.15, 0.2) is 21.9 Å². The Kier molecular flexibility index (Phi) is 7.44. The fraction of sp³-hybridized carbons (Fsp3) is 0.714. The van der Waals surface area contributed by atoms with Crippen LogP contribution in [0.3, 0.4) is 0 Å². The number of hydrogen-bond donors (Lipinski definition) is 4. The number of fused-ring (bicyclic) bond motifs is 1. The minimum absolute atomic E-state index is 0.0418. The Labute approximate surface area is 186 Å². The van der Waals surface area contributed by atoms with Gasteiger partial charge in [-0.1, -0.05) is 0 Å². The molecule has 1 aliphatic heterocycles. The quantitative estimate of drug-likeness (QED) is 0.314. The van der Waals surface area contributed by atoms with Crippen molar-refractivity contribution in [3.05, 3.63) is 33.1 Å². The van der Waals surface area contributed by atoms with Gasteiger partial charge in [-0.05, 0) is 20.3 Å². The maximum Gasteiger partial charge on any atom is 0.488 e. The third-order valence-corrected chi connectivity index (χ3v) is 9.14. The highest BCUT2D eigenvalue weighted by molar-refractivity contribution is 7.68. The second-order valence-corrected chi connectivity index (χ2v) is 12.7. The van der Waals surface area contributed by atoms with Gasteiger partial charge in [0.2, 0.25) is 0 Å². The summed E-state index contributed by atoms with van der Waals surface area (Å²) >= 11 is 0. The number of phosphoric ester groups is 1. The van der Waals surface area contributed by atoms with Crippen LogP contribution in [0.25, 0.3) is 0 Å². The van der Waals surface area contributed by atoms with E-state index in [0.29, 0.717) is 7.11 Å². The SMILES string of the molecule is COP(=O)(O)OP(=O)(O)OP(=O)(O)COC1CC(n2ccc(=O)[nH]c2=O)C2OC(C)(C)OC12. The molecule has 2 heterocycles. The fourth-order valence-corrected chi connectivity index (χ4v) is 7.14. The highest BCUT2D eigenvalue weighted by Crippen LogP contribution is 2.67. The van der Waals surface area contributed by atoms with E-state index in [1.165, 1.54) is 10.8 Å². The molecule has 1 aromatic heterocycles. The van der Waals surface area contributed by atoms with Crippen molar-refractivity contribution >= 4 is 23.2 Å². The zero-order valence-corrected chi connectivity index (χ0v) is 20.2. The van der Waals surface area contributed by atoms with Crippen molar-refractivity contribution in [2.45, 2.75) is 50.4 Å². The van der Waals surface area contributed by atoms with Crippen LogP contribution < -0.4 is 11.2 Å². The van der Waals surface area contributed by atoms with E-state index in [9.17, 15) is 33.1 Å². The first-order chi connectivity index (χ1) is 15.0. The fourth-order valence-electron chi connectivity index (χ4n) is 3.59. The number of phosphoric acid groups is 2. The topological polar surface area (TPSA) is 222 Å². The molecule has 2 fully saturated rings. The number of nitrogens with zero attached hydrogens (tertiary/aromatic N) is 1.